The van der Waals surface area contributed by atoms with Crippen molar-refractivity contribution in [2.24, 2.45) is 0 Å². The van der Waals surface area contributed by atoms with Crippen molar-refractivity contribution in [2.45, 2.75) is 18.8 Å². The Kier molecular flexibility index (Phi) is 3.71. The zero-order valence-corrected chi connectivity index (χ0v) is 9.68. The molecule has 1 heterocycles. The molecule has 1 saturated heterocycles. The largest absolute Gasteiger partial charge is 0.507 e. The Morgan fingerprint density at radius 3 is 3.06 bits per heavy atom. The van der Waals surface area contributed by atoms with Gasteiger partial charge in [-0.05, 0) is 18.2 Å². The van der Waals surface area contributed by atoms with Crippen LogP contribution < -0.4 is 10.1 Å². The summed E-state index contributed by atoms with van der Waals surface area (Å²) in [5, 5.41) is 12.0. The number of rotatable bonds is 3. The van der Waals surface area contributed by atoms with Gasteiger partial charge in [-0.3, -0.25) is 5.32 Å². The maximum atomic E-state index is 10.3. The molecule has 0 saturated carbocycles. The average Bonchev–Trinajstić information content (AvgIpc) is 2.64. The maximum absolute atomic E-state index is 10.3. The van der Waals surface area contributed by atoms with Crippen LogP contribution in [0.25, 0.3) is 0 Å². The summed E-state index contributed by atoms with van der Waals surface area (Å²) in [6.45, 7) is 0.546. The van der Waals surface area contributed by atoms with Gasteiger partial charge < -0.3 is 14.6 Å². The lowest BCUT2D eigenvalue weighted by molar-refractivity contribution is 0.0416. The fraction of sp³-hybridized carbons (Fsp3) is 0.364. The monoisotopic (exact) mass is 257 g/mol. The van der Waals surface area contributed by atoms with Gasteiger partial charge in [0.15, 0.2) is 6.23 Å². The lowest BCUT2D eigenvalue weighted by Crippen LogP contribution is -2.26. The first-order chi connectivity index (χ1) is 8.13. The second-order valence-corrected chi connectivity index (χ2v) is 4.15. The lowest BCUT2D eigenvalue weighted by Gasteiger charge is -2.12. The second kappa shape index (κ2) is 5.25. The van der Waals surface area contributed by atoms with Gasteiger partial charge in [-0.15, -0.1) is 0 Å². The van der Waals surface area contributed by atoms with Crippen molar-refractivity contribution in [3.05, 3.63) is 29.3 Å². The molecule has 2 N–H and O–H groups in total. The molecule has 0 bridgehead atoms. The molecule has 2 atom stereocenters. The minimum absolute atomic E-state index is 0.113. The molecule has 1 aromatic carbocycles. The SMILES string of the molecule is O=C(O)O[C@H]1C[C@H](Oc2cccc(Cl)c2)CN1. The summed E-state index contributed by atoms with van der Waals surface area (Å²) < 4.78 is 10.3. The Morgan fingerprint density at radius 1 is 1.53 bits per heavy atom. The van der Waals surface area contributed by atoms with E-state index in [0.29, 0.717) is 23.7 Å². The highest BCUT2D eigenvalue weighted by Gasteiger charge is 2.28. The topological polar surface area (TPSA) is 67.8 Å². The summed E-state index contributed by atoms with van der Waals surface area (Å²) in [7, 11) is 0. The Labute approximate surface area is 103 Å². The number of halogens is 1. The van der Waals surface area contributed by atoms with Crippen LogP contribution >= 0.6 is 11.6 Å². The maximum Gasteiger partial charge on any atom is 0.507 e. The van der Waals surface area contributed by atoms with Crippen LogP contribution in [-0.4, -0.2) is 30.1 Å². The summed E-state index contributed by atoms with van der Waals surface area (Å²) in [4.78, 5) is 10.3. The zero-order valence-electron chi connectivity index (χ0n) is 8.93. The highest BCUT2D eigenvalue weighted by atomic mass is 35.5. The summed E-state index contributed by atoms with van der Waals surface area (Å²) in [5.41, 5.74) is 0. The van der Waals surface area contributed by atoms with Crippen LogP contribution in [0.4, 0.5) is 4.79 Å². The van der Waals surface area contributed by atoms with Gasteiger partial charge in [0, 0.05) is 18.0 Å². The molecule has 2 rings (SSSR count). The molecule has 6 heteroatoms. The molecule has 92 valence electrons. The Hall–Kier alpha value is -1.46. The third kappa shape index (κ3) is 3.51. The molecule has 0 aromatic heterocycles. The number of benzene rings is 1. The molecule has 0 amide bonds. The van der Waals surface area contributed by atoms with Crippen LogP contribution in [0.1, 0.15) is 6.42 Å². The van der Waals surface area contributed by atoms with Crippen molar-refractivity contribution in [1.82, 2.24) is 5.32 Å². The van der Waals surface area contributed by atoms with E-state index in [-0.39, 0.29) is 6.10 Å². The van der Waals surface area contributed by atoms with Crippen molar-refractivity contribution in [3.8, 4) is 5.75 Å². The minimum atomic E-state index is -1.29. The van der Waals surface area contributed by atoms with Gasteiger partial charge >= 0.3 is 6.16 Å². The van der Waals surface area contributed by atoms with Crippen LogP contribution in [0.2, 0.25) is 5.02 Å². The van der Waals surface area contributed by atoms with E-state index in [2.05, 4.69) is 10.1 Å². The third-order valence-corrected chi connectivity index (χ3v) is 2.63. The van der Waals surface area contributed by atoms with Crippen LogP contribution in [0.5, 0.6) is 5.75 Å². The number of ether oxygens (including phenoxy) is 2. The predicted octanol–water partition coefficient (Wildman–Crippen LogP) is 2.10. The Balaban J connectivity index is 1.87. The van der Waals surface area contributed by atoms with E-state index >= 15 is 0 Å². The summed E-state index contributed by atoms with van der Waals surface area (Å²) in [6, 6.07) is 7.08. The van der Waals surface area contributed by atoms with Gasteiger partial charge in [0.25, 0.3) is 0 Å². The number of carbonyl (C=O) groups is 1. The van der Waals surface area contributed by atoms with Crippen LogP contribution in [-0.2, 0) is 4.74 Å². The van der Waals surface area contributed by atoms with E-state index in [1.807, 2.05) is 0 Å². The molecule has 1 aliphatic rings. The van der Waals surface area contributed by atoms with Crippen LogP contribution in [0, 0.1) is 0 Å². The highest BCUT2D eigenvalue weighted by molar-refractivity contribution is 6.30. The smallest absolute Gasteiger partial charge is 0.489 e. The van der Waals surface area contributed by atoms with E-state index in [0.717, 1.165) is 0 Å². The molecule has 0 radical (unpaired) electrons. The highest BCUT2D eigenvalue weighted by Crippen LogP contribution is 2.21. The van der Waals surface area contributed by atoms with E-state index in [1.165, 1.54) is 0 Å². The Bertz CT molecular complexity index is 412. The average molecular weight is 258 g/mol. The first-order valence-corrected chi connectivity index (χ1v) is 5.56. The Morgan fingerprint density at radius 2 is 2.35 bits per heavy atom. The number of nitrogens with one attached hydrogen (secondary N) is 1. The van der Waals surface area contributed by atoms with Crippen molar-refractivity contribution >= 4 is 17.8 Å². The van der Waals surface area contributed by atoms with E-state index in [9.17, 15) is 4.79 Å². The van der Waals surface area contributed by atoms with E-state index in [4.69, 9.17) is 21.4 Å². The van der Waals surface area contributed by atoms with E-state index < -0.39 is 12.4 Å². The first kappa shape index (κ1) is 12.0. The number of hydrogen-bond acceptors (Lipinski definition) is 4. The van der Waals surface area contributed by atoms with Gasteiger partial charge in [0.05, 0.1) is 0 Å². The summed E-state index contributed by atoms with van der Waals surface area (Å²) in [5.74, 6) is 0.667. The molecule has 1 aliphatic heterocycles. The van der Waals surface area contributed by atoms with Gasteiger partial charge in [0.1, 0.15) is 11.9 Å². The van der Waals surface area contributed by atoms with Gasteiger partial charge in [-0.2, -0.15) is 0 Å². The van der Waals surface area contributed by atoms with Gasteiger partial charge in [-0.25, -0.2) is 4.79 Å². The fourth-order valence-corrected chi connectivity index (χ4v) is 1.88. The summed E-state index contributed by atoms with van der Waals surface area (Å²) in [6.07, 6.45) is -1.42. The van der Waals surface area contributed by atoms with Crippen molar-refractivity contribution in [3.63, 3.8) is 0 Å². The second-order valence-electron chi connectivity index (χ2n) is 3.71. The van der Waals surface area contributed by atoms with Gasteiger partial charge in [-0.1, -0.05) is 17.7 Å². The van der Waals surface area contributed by atoms with Gasteiger partial charge in [0.2, 0.25) is 0 Å². The molecule has 0 unspecified atom stereocenters. The molecule has 1 fully saturated rings. The first-order valence-electron chi connectivity index (χ1n) is 5.18. The number of hydrogen-bond donors (Lipinski definition) is 2. The third-order valence-electron chi connectivity index (χ3n) is 2.39. The van der Waals surface area contributed by atoms with E-state index in [1.54, 1.807) is 24.3 Å². The van der Waals surface area contributed by atoms with Crippen molar-refractivity contribution in [2.75, 3.05) is 6.54 Å². The summed E-state index contributed by atoms with van der Waals surface area (Å²) >= 11 is 5.83. The van der Waals surface area contributed by atoms with Crippen molar-refractivity contribution in [1.29, 1.82) is 0 Å². The quantitative estimate of drug-likeness (QED) is 0.812. The number of carboxylic acid groups (broad SMARTS) is 1. The molecule has 0 spiro atoms. The normalized spacial score (nSPS) is 23.4. The minimum Gasteiger partial charge on any atom is -0.489 e. The molecular weight excluding hydrogens is 246 g/mol. The van der Waals surface area contributed by atoms with Crippen LogP contribution in [0.15, 0.2) is 24.3 Å². The molecule has 1 aromatic rings. The molecule has 5 nitrogen and oxygen atoms in total. The van der Waals surface area contributed by atoms with Crippen molar-refractivity contribution < 1.29 is 19.4 Å². The predicted molar refractivity (Wildman–Crippen MR) is 61.4 cm³/mol. The fourth-order valence-electron chi connectivity index (χ4n) is 1.70. The van der Waals surface area contributed by atoms with Crippen LogP contribution in [0.3, 0.4) is 0 Å². The lowest BCUT2D eigenvalue weighted by atomic mass is 10.3. The zero-order chi connectivity index (χ0) is 12.3. The molecule has 17 heavy (non-hydrogen) atoms. The molecule has 0 aliphatic carbocycles. The molecular formula is C11H12ClNO4. The standard InChI is InChI=1S/C11H12ClNO4/c12-7-2-1-3-8(4-7)16-9-5-10(13-6-9)17-11(14)15/h1-4,9-10,13H,5-6H2,(H,14,15)/t9-,10-/m0/s1.